The molecule has 0 aliphatic carbocycles. The molecule has 0 fully saturated rings. The first-order valence-electron chi connectivity index (χ1n) is 5.15. The fourth-order valence-electron chi connectivity index (χ4n) is 1.57. The molecule has 0 aromatic carbocycles. The first-order chi connectivity index (χ1) is 7.70. The van der Waals surface area contributed by atoms with Crippen LogP contribution < -0.4 is 0 Å². The van der Waals surface area contributed by atoms with E-state index >= 15 is 0 Å². The molecule has 1 aromatic rings. The van der Waals surface area contributed by atoms with Crippen LogP contribution in [0.15, 0.2) is 10.8 Å². The van der Waals surface area contributed by atoms with Crippen molar-refractivity contribution in [3.8, 4) is 0 Å². The standard InChI is InChI=1S/C11H15F3O2S/c1-4-16-10(2,3)9(15)7-5-17-6-8(7)11(12,13)14/h5-6,9,15H,4H2,1-3H3. The number of halogens is 3. The van der Waals surface area contributed by atoms with Gasteiger partial charge < -0.3 is 9.84 Å². The quantitative estimate of drug-likeness (QED) is 0.903. The van der Waals surface area contributed by atoms with Gasteiger partial charge in [0.05, 0.1) is 11.2 Å². The highest BCUT2D eigenvalue weighted by molar-refractivity contribution is 7.08. The van der Waals surface area contributed by atoms with Crippen molar-refractivity contribution in [2.24, 2.45) is 0 Å². The normalized spacial score (nSPS) is 15.0. The zero-order valence-electron chi connectivity index (χ0n) is 9.84. The maximum absolute atomic E-state index is 12.7. The smallest absolute Gasteiger partial charge is 0.385 e. The van der Waals surface area contributed by atoms with Gasteiger partial charge in [-0.2, -0.15) is 24.5 Å². The highest BCUT2D eigenvalue weighted by Gasteiger charge is 2.40. The summed E-state index contributed by atoms with van der Waals surface area (Å²) in [6, 6.07) is 0. The molecule has 1 heterocycles. The third-order valence-electron chi connectivity index (χ3n) is 2.47. The van der Waals surface area contributed by atoms with Crippen LogP contribution in [0.2, 0.25) is 0 Å². The van der Waals surface area contributed by atoms with E-state index < -0.39 is 23.4 Å². The van der Waals surface area contributed by atoms with Gasteiger partial charge in [0.2, 0.25) is 0 Å². The maximum atomic E-state index is 12.7. The first kappa shape index (κ1) is 14.5. The highest BCUT2D eigenvalue weighted by Crippen LogP contribution is 2.40. The monoisotopic (exact) mass is 268 g/mol. The van der Waals surface area contributed by atoms with Crippen molar-refractivity contribution < 1.29 is 23.0 Å². The minimum atomic E-state index is -4.45. The molecule has 1 aromatic heterocycles. The molecular formula is C11H15F3O2S. The second-order valence-corrected chi connectivity index (χ2v) is 4.92. The summed E-state index contributed by atoms with van der Waals surface area (Å²) < 4.78 is 43.3. The minimum Gasteiger partial charge on any atom is -0.385 e. The van der Waals surface area contributed by atoms with Crippen molar-refractivity contribution >= 4 is 11.3 Å². The second-order valence-electron chi connectivity index (χ2n) is 4.18. The van der Waals surface area contributed by atoms with Crippen LogP contribution in [0, 0.1) is 0 Å². The predicted octanol–water partition coefficient (Wildman–Crippen LogP) is 3.62. The lowest BCUT2D eigenvalue weighted by atomic mass is 9.93. The van der Waals surface area contributed by atoms with Crippen molar-refractivity contribution in [3.63, 3.8) is 0 Å². The Morgan fingerprint density at radius 2 is 1.94 bits per heavy atom. The Morgan fingerprint density at radius 1 is 1.35 bits per heavy atom. The van der Waals surface area contributed by atoms with E-state index in [2.05, 4.69) is 0 Å². The van der Waals surface area contributed by atoms with E-state index in [0.717, 1.165) is 16.7 Å². The lowest BCUT2D eigenvalue weighted by molar-refractivity contribution is -0.142. The number of aliphatic hydroxyl groups is 1. The van der Waals surface area contributed by atoms with E-state index in [1.807, 2.05) is 0 Å². The molecule has 0 bridgehead atoms. The number of aliphatic hydroxyl groups excluding tert-OH is 1. The topological polar surface area (TPSA) is 29.5 Å². The molecule has 0 aliphatic heterocycles. The Balaban J connectivity index is 3.05. The van der Waals surface area contributed by atoms with Crippen LogP contribution in [0.5, 0.6) is 0 Å². The summed E-state index contributed by atoms with van der Waals surface area (Å²) in [5.74, 6) is 0. The first-order valence-corrected chi connectivity index (χ1v) is 6.09. The van der Waals surface area contributed by atoms with E-state index in [1.165, 1.54) is 5.38 Å². The summed E-state index contributed by atoms with van der Waals surface area (Å²) in [5, 5.41) is 12.3. The van der Waals surface area contributed by atoms with E-state index in [9.17, 15) is 18.3 Å². The molecule has 0 amide bonds. The molecule has 2 nitrogen and oxygen atoms in total. The molecule has 17 heavy (non-hydrogen) atoms. The van der Waals surface area contributed by atoms with Crippen molar-refractivity contribution in [2.45, 2.75) is 38.7 Å². The van der Waals surface area contributed by atoms with Gasteiger partial charge in [-0.15, -0.1) is 0 Å². The fourth-order valence-corrected chi connectivity index (χ4v) is 2.45. The highest BCUT2D eigenvalue weighted by atomic mass is 32.1. The van der Waals surface area contributed by atoms with Gasteiger partial charge in [0.25, 0.3) is 0 Å². The summed E-state index contributed by atoms with van der Waals surface area (Å²) in [6.07, 6.45) is -5.75. The van der Waals surface area contributed by atoms with Crippen molar-refractivity contribution in [2.75, 3.05) is 6.61 Å². The zero-order chi connectivity index (χ0) is 13.3. The van der Waals surface area contributed by atoms with E-state index in [1.54, 1.807) is 20.8 Å². The van der Waals surface area contributed by atoms with Gasteiger partial charge in [-0.05, 0) is 26.2 Å². The number of hydrogen-bond donors (Lipinski definition) is 1. The average molecular weight is 268 g/mol. The summed E-state index contributed by atoms with van der Waals surface area (Å²) in [5.41, 5.74) is -1.96. The summed E-state index contributed by atoms with van der Waals surface area (Å²) in [4.78, 5) is 0. The van der Waals surface area contributed by atoms with Crippen molar-refractivity contribution in [3.05, 3.63) is 21.9 Å². The predicted molar refractivity (Wildman–Crippen MR) is 60.0 cm³/mol. The number of thiophene rings is 1. The van der Waals surface area contributed by atoms with Gasteiger partial charge >= 0.3 is 6.18 Å². The SMILES string of the molecule is CCOC(C)(C)C(O)c1cscc1C(F)(F)F. The largest absolute Gasteiger partial charge is 0.417 e. The summed E-state index contributed by atoms with van der Waals surface area (Å²) >= 11 is 0.920. The molecule has 1 atom stereocenters. The second kappa shape index (κ2) is 4.96. The molecule has 1 rings (SSSR count). The van der Waals surface area contributed by atoms with Gasteiger partial charge in [-0.1, -0.05) is 0 Å². The van der Waals surface area contributed by atoms with Crippen molar-refractivity contribution in [1.82, 2.24) is 0 Å². The Hall–Kier alpha value is -0.590. The van der Waals surface area contributed by atoms with Gasteiger partial charge in [0.15, 0.2) is 0 Å². The Kier molecular flexibility index (Phi) is 4.22. The van der Waals surface area contributed by atoms with E-state index in [0.29, 0.717) is 6.61 Å². The van der Waals surface area contributed by atoms with Gasteiger partial charge in [0, 0.05) is 17.6 Å². The molecule has 0 aliphatic rings. The Morgan fingerprint density at radius 3 is 2.41 bits per heavy atom. The van der Waals surface area contributed by atoms with Crippen LogP contribution >= 0.6 is 11.3 Å². The van der Waals surface area contributed by atoms with Crippen LogP contribution in [0.25, 0.3) is 0 Å². The summed E-state index contributed by atoms with van der Waals surface area (Å²) in [7, 11) is 0. The van der Waals surface area contributed by atoms with E-state index in [4.69, 9.17) is 4.74 Å². The third kappa shape index (κ3) is 3.20. The van der Waals surface area contributed by atoms with Crippen molar-refractivity contribution in [1.29, 1.82) is 0 Å². The van der Waals surface area contributed by atoms with Crippen LogP contribution in [0.4, 0.5) is 13.2 Å². The van der Waals surface area contributed by atoms with Gasteiger partial charge in [-0.25, -0.2) is 0 Å². The molecule has 1 unspecified atom stereocenters. The molecule has 0 saturated heterocycles. The molecular weight excluding hydrogens is 253 g/mol. The molecule has 1 N–H and O–H groups in total. The lowest BCUT2D eigenvalue weighted by Crippen LogP contribution is -2.33. The van der Waals surface area contributed by atoms with Gasteiger partial charge in [0.1, 0.15) is 6.10 Å². The number of alkyl halides is 3. The van der Waals surface area contributed by atoms with Crippen LogP contribution in [0.1, 0.15) is 38.0 Å². The average Bonchev–Trinajstić information content (AvgIpc) is 2.63. The fraction of sp³-hybridized carbons (Fsp3) is 0.636. The molecule has 6 heteroatoms. The Bertz CT molecular complexity index is 371. The summed E-state index contributed by atoms with van der Waals surface area (Å²) in [6.45, 7) is 5.19. The lowest BCUT2D eigenvalue weighted by Gasteiger charge is -2.30. The van der Waals surface area contributed by atoms with Gasteiger partial charge in [-0.3, -0.25) is 0 Å². The minimum absolute atomic E-state index is 0.124. The molecule has 0 saturated carbocycles. The van der Waals surface area contributed by atoms with E-state index in [-0.39, 0.29) is 5.56 Å². The number of ether oxygens (including phenoxy) is 1. The molecule has 0 radical (unpaired) electrons. The zero-order valence-corrected chi connectivity index (χ0v) is 10.7. The van der Waals surface area contributed by atoms with Crippen LogP contribution in [-0.4, -0.2) is 17.3 Å². The maximum Gasteiger partial charge on any atom is 0.417 e. The van der Waals surface area contributed by atoms with Crippen LogP contribution in [-0.2, 0) is 10.9 Å². The van der Waals surface area contributed by atoms with Crippen LogP contribution in [0.3, 0.4) is 0 Å². The molecule has 98 valence electrons. The Labute approximate surface area is 102 Å². The number of rotatable bonds is 4. The number of hydrogen-bond acceptors (Lipinski definition) is 3. The third-order valence-corrected chi connectivity index (χ3v) is 3.23. The molecule has 0 spiro atoms.